The van der Waals surface area contributed by atoms with Crippen LogP contribution in [0.4, 0.5) is 11.4 Å². The first-order valence-electron chi connectivity index (χ1n) is 6.35. The van der Waals surface area contributed by atoms with E-state index in [9.17, 15) is 14.9 Å². The van der Waals surface area contributed by atoms with Gasteiger partial charge in [-0.15, -0.1) is 0 Å². The number of nitro benzene ring substituents is 1. The Morgan fingerprint density at radius 1 is 1.24 bits per heavy atom. The molecule has 2 aromatic rings. The number of nitro groups is 1. The van der Waals surface area contributed by atoms with Crippen LogP contribution >= 0.6 is 0 Å². The molecule has 0 aliphatic heterocycles. The summed E-state index contributed by atoms with van der Waals surface area (Å²) in [5.74, 6) is -0.519. The average molecular weight is 285 g/mol. The topological polar surface area (TPSA) is 98.3 Å². The molecule has 0 unspecified atom stereocenters. The number of carbonyl (C=O) groups excluding carboxylic acids is 1. The lowest BCUT2D eigenvalue weighted by atomic mass is 10.1. The first-order valence-corrected chi connectivity index (χ1v) is 6.35. The number of para-hydroxylation sites is 1. The van der Waals surface area contributed by atoms with Gasteiger partial charge in [-0.1, -0.05) is 35.9 Å². The molecule has 2 aromatic carbocycles. The Labute approximate surface area is 121 Å². The van der Waals surface area contributed by atoms with Gasteiger partial charge in [0.05, 0.1) is 4.92 Å². The molecule has 0 radical (unpaired) electrons. The van der Waals surface area contributed by atoms with Gasteiger partial charge in [-0.25, -0.2) is 0 Å². The Balaban J connectivity index is 2.16. The quantitative estimate of drug-likeness (QED) is 0.512. The lowest BCUT2D eigenvalue weighted by Crippen LogP contribution is -2.24. The van der Waals surface area contributed by atoms with Crippen LogP contribution in [0.2, 0.25) is 0 Å². The fraction of sp³-hybridized carbons (Fsp3) is 0.133. The fourth-order valence-corrected chi connectivity index (χ4v) is 1.93. The van der Waals surface area contributed by atoms with Crippen LogP contribution in [0.5, 0.6) is 0 Å². The van der Waals surface area contributed by atoms with Crippen LogP contribution in [0.3, 0.4) is 0 Å². The van der Waals surface area contributed by atoms with Crippen molar-refractivity contribution in [3.8, 4) is 0 Å². The zero-order valence-corrected chi connectivity index (χ0v) is 11.5. The maximum Gasteiger partial charge on any atom is 0.304 e. The number of nitrogens with zero attached hydrogens (tertiary/aromatic N) is 1. The number of hydrogen-bond donors (Lipinski definition) is 2. The summed E-state index contributed by atoms with van der Waals surface area (Å²) < 4.78 is 0. The van der Waals surface area contributed by atoms with Gasteiger partial charge in [0.1, 0.15) is 11.3 Å². The standard InChI is InChI=1S/C15H15N3O3/c1-10-5-7-11(8-6-10)9-17-15(19)12-3-2-4-13(16)14(12)18(20)21/h2-8H,9,16H2,1H3,(H,17,19). The van der Waals surface area contributed by atoms with E-state index in [1.165, 1.54) is 18.2 Å². The van der Waals surface area contributed by atoms with Crippen molar-refractivity contribution in [2.75, 3.05) is 5.73 Å². The summed E-state index contributed by atoms with van der Waals surface area (Å²) >= 11 is 0. The van der Waals surface area contributed by atoms with E-state index >= 15 is 0 Å². The molecule has 0 spiro atoms. The summed E-state index contributed by atoms with van der Waals surface area (Å²) in [7, 11) is 0. The number of anilines is 1. The zero-order chi connectivity index (χ0) is 15.4. The van der Waals surface area contributed by atoms with Crippen LogP contribution in [-0.2, 0) is 6.54 Å². The minimum Gasteiger partial charge on any atom is -0.393 e. The van der Waals surface area contributed by atoms with E-state index < -0.39 is 10.8 Å². The Bertz CT molecular complexity index is 681. The van der Waals surface area contributed by atoms with Crippen LogP contribution in [-0.4, -0.2) is 10.8 Å². The Hall–Kier alpha value is -2.89. The van der Waals surface area contributed by atoms with E-state index in [1.54, 1.807) is 0 Å². The van der Waals surface area contributed by atoms with Crippen molar-refractivity contribution in [1.82, 2.24) is 5.32 Å². The smallest absolute Gasteiger partial charge is 0.304 e. The molecule has 0 heterocycles. The van der Waals surface area contributed by atoms with Crippen LogP contribution < -0.4 is 11.1 Å². The molecule has 108 valence electrons. The van der Waals surface area contributed by atoms with Crippen molar-refractivity contribution < 1.29 is 9.72 Å². The van der Waals surface area contributed by atoms with Crippen molar-refractivity contribution in [3.05, 3.63) is 69.3 Å². The van der Waals surface area contributed by atoms with E-state index in [-0.39, 0.29) is 16.9 Å². The zero-order valence-electron chi connectivity index (χ0n) is 11.5. The second-order valence-corrected chi connectivity index (χ2v) is 4.67. The molecule has 6 heteroatoms. The second kappa shape index (κ2) is 6.04. The van der Waals surface area contributed by atoms with Crippen molar-refractivity contribution in [3.63, 3.8) is 0 Å². The highest BCUT2D eigenvalue weighted by molar-refractivity contribution is 6.00. The molecule has 0 bridgehead atoms. The summed E-state index contributed by atoms with van der Waals surface area (Å²) in [5, 5.41) is 13.7. The predicted molar refractivity (Wildman–Crippen MR) is 79.9 cm³/mol. The molecule has 0 aliphatic carbocycles. The van der Waals surface area contributed by atoms with Crippen molar-refractivity contribution >= 4 is 17.3 Å². The van der Waals surface area contributed by atoms with Crippen molar-refractivity contribution in [2.45, 2.75) is 13.5 Å². The lowest BCUT2D eigenvalue weighted by Gasteiger charge is -2.07. The van der Waals surface area contributed by atoms with Gasteiger partial charge in [0.25, 0.3) is 5.91 Å². The third-order valence-corrected chi connectivity index (χ3v) is 3.07. The SMILES string of the molecule is Cc1ccc(CNC(=O)c2cccc(N)c2[N+](=O)[O-])cc1. The van der Waals surface area contributed by atoms with E-state index in [0.717, 1.165) is 11.1 Å². The minimum atomic E-state index is -0.643. The molecular weight excluding hydrogens is 270 g/mol. The summed E-state index contributed by atoms with van der Waals surface area (Å²) in [5.41, 5.74) is 7.18. The monoisotopic (exact) mass is 285 g/mol. The Kier molecular flexibility index (Phi) is 4.18. The van der Waals surface area contributed by atoms with E-state index in [1.807, 2.05) is 31.2 Å². The number of benzene rings is 2. The first-order chi connectivity index (χ1) is 9.99. The molecule has 0 saturated heterocycles. The van der Waals surface area contributed by atoms with Gasteiger partial charge in [-0.2, -0.15) is 0 Å². The van der Waals surface area contributed by atoms with Gasteiger partial charge in [0.15, 0.2) is 0 Å². The number of aryl methyl sites for hydroxylation is 1. The maximum atomic E-state index is 12.1. The highest BCUT2D eigenvalue weighted by Crippen LogP contribution is 2.25. The maximum absolute atomic E-state index is 12.1. The number of carbonyl (C=O) groups is 1. The van der Waals surface area contributed by atoms with E-state index in [2.05, 4.69) is 5.32 Å². The van der Waals surface area contributed by atoms with Gasteiger partial charge in [-0.05, 0) is 24.6 Å². The van der Waals surface area contributed by atoms with Crippen LogP contribution in [0.1, 0.15) is 21.5 Å². The molecule has 6 nitrogen and oxygen atoms in total. The molecule has 2 rings (SSSR count). The number of nitrogens with two attached hydrogens (primary N) is 1. The largest absolute Gasteiger partial charge is 0.393 e. The number of rotatable bonds is 4. The third-order valence-electron chi connectivity index (χ3n) is 3.07. The molecule has 1 amide bonds. The minimum absolute atomic E-state index is 0.0250. The van der Waals surface area contributed by atoms with Crippen LogP contribution in [0.25, 0.3) is 0 Å². The van der Waals surface area contributed by atoms with Crippen molar-refractivity contribution in [2.24, 2.45) is 0 Å². The molecule has 0 aromatic heterocycles. The fourth-order valence-electron chi connectivity index (χ4n) is 1.93. The van der Waals surface area contributed by atoms with E-state index in [4.69, 9.17) is 5.73 Å². The number of nitrogen functional groups attached to an aromatic ring is 1. The second-order valence-electron chi connectivity index (χ2n) is 4.67. The Morgan fingerprint density at radius 3 is 2.52 bits per heavy atom. The van der Waals surface area contributed by atoms with Gasteiger partial charge in [-0.3, -0.25) is 14.9 Å². The highest BCUT2D eigenvalue weighted by Gasteiger charge is 2.22. The summed E-state index contributed by atoms with van der Waals surface area (Å²) in [6.45, 7) is 2.27. The predicted octanol–water partition coefficient (Wildman–Crippen LogP) is 2.42. The Morgan fingerprint density at radius 2 is 1.90 bits per heavy atom. The summed E-state index contributed by atoms with van der Waals surface area (Å²) in [6.07, 6.45) is 0. The lowest BCUT2D eigenvalue weighted by molar-refractivity contribution is -0.384. The van der Waals surface area contributed by atoms with Gasteiger partial charge in [0, 0.05) is 6.54 Å². The third kappa shape index (κ3) is 3.36. The molecule has 0 aliphatic rings. The van der Waals surface area contributed by atoms with Crippen LogP contribution in [0, 0.1) is 17.0 Å². The van der Waals surface area contributed by atoms with Gasteiger partial charge < -0.3 is 11.1 Å². The van der Waals surface area contributed by atoms with Gasteiger partial charge >= 0.3 is 5.69 Å². The molecule has 0 saturated carbocycles. The molecule has 0 atom stereocenters. The number of amides is 1. The highest BCUT2D eigenvalue weighted by atomic mass is 16.6. The molecular formula is C15H15N3O3. The van der Waals surface area contributed by atoms with Crippen LogP contribution in [0.15, 0.2) is 42.5 Å². The van der Waals surface area contributed by atoms with Gasteiger partial charge in [0.2, 0.25) is 0 Å². The normalized spacial score (nSPS) is 10.1. The molecule has 21 heavy (non-hydrogen) atoms. The first kappa shape index (κ1) is 14.5. The molecule has 0 fully saturated rings. The molecule has 3 N–H and O–H groups in total. The summed E-state index contributed by atoms with van der Waals surface area (Å²) in [4.78, 5) is 22.5. The van der Waals surface area contributed by atoms with E-state index in [0.29, 0.717) is 6.54 Å². The summed E-state index contributed by atoms with van der Waals surface area (Å²) in [6, 6.07) is 12.0. The number of nitrogens with one attached hydrogen (secondary N) is 1. The average Bonchev–Trinajstić information content (AvgIpc) is 2.45. The van der Waals surface area contributed by atoms with Crippen molar-refractivity contribution in [1.29, 1.82) is 0 Å². The number of hydrogen-bond acceptors (Lipinski definition) is 4.